The van der Waals surface area contributed by atoms with Gasteiger partial charge in [0.1, 0.15) is 0 Å². The van der Waals surface area contributed by atoms with Gasteiger partial charge >= 0.3 is 0 Å². The highest BCUT2D eigenvalue weighted by Crippen LogP contribution is 2.26. The molecule has 0 radical (unpaired) electrons. The van der Waals surface area contributed by atoms with Gasteiger partial charge in [-0.15, -0.1) is 0 Å². The quantitative estimate of drug-likeness (QED) is 0.610. The first-order chi connectivity index (χ1) is 9.49. The van der Waals surface area contributed by atoms with Crippen molar-refractivity contribution in [3.8, 4) is 5.75 Å². The Hall–Kier alpha value is -1.75. The monoisotopic (exact) mass is 340 g/mol. The summed E-state index contributed by atoms with van der Waals surface area (Å²) in [6.07, 6.45) is -0.916. The predicted octanol–water partition coefficient (Wildman–Crippen LogP) is 4.38. The molecule has 0 aliphatic rings. The molecule has 2 rings (SSSR count). The molecule has 2 aromatic carbocycles. The number of carbonyl (C=O) groups excluding carboxylic acids is 1. The van der Waals surface area contributed by atoms with Crippen molar-refractivity contribution in [3.05, 3.63) is 64.1 Å². The van der Waals surface area contributed by atoms with Gasteiger partial charge in [0.2, 0.25) is 11.6 Å². The van der Waals surface area contributed by atoms with Crippen molar-refractivity contribution in [2.45, 2.75) is 13.0 Å². The maximum atomic E-state index is 13.6. The van der Waals surface area contributed by atoms with Crippen molar-refractivity contribution in [1.82, 2.24) is 0 Å². The lowest BCUT2D eigenvalue weighted by atomic mass is 10.1. The Kier molecular flexibility index (Phi) is 4.49. The summed E-state index contributed by atoms with van der Waals surface area (Å²) in [7, 11) is 0. The van der Waals surface area contributed by atoms with Crippen LogP contribution in [-0.2, 0) is 0 Å². The van der Waals surface area contributed by atoms with Crippen LogP contribution < -0.4 is 4.74 Å². The number of hydrogen-bond acceptors (Lipinski definition) is 2. The van der Waals surface area contributed by atoms with Crippen LogP contribution in [0.25, 0.3) is 0 Å². The molecule has 20 heavy (non-hydrogen) atoms. The molecule has 0 amide bonds. The molecule has 0 aromatic heterocycles. The smallest absolute Gasteiger partial charge is 0.202 e. The predicted molar refractivity (Wildman–Crippen MR) is 74.9 cm³/mol. The molecule has 5 heteroatoms. The Bertz CT molecular complexity index is 629. The number of carbonyl (C=O) groups is 1. The minimum absolute atomic E-state index is 0.298. The van der Waals surface area contributed by atoms with E-state index in [4.69, 9.17) is 4.74 Å². The lowest BCUT2D eigenvalue weighted by molar-refractivity contribution is 0.0811. The molecule has 0 saturated heterocycles. The second-order valence-electron chi connectivity index (χ2n) is 4.19. The standard InChI is InChI=1S/C15H11BrF2O2/c1-9(15(19)10-5-3-2-4-6-10)20-13-8-11(16)7-12(17)14(13)18/h2-9H,1H3. The molecule has 0 aliphatic carbocycles. The van der Waals surface area contributed by atoms with Gasteiger partial charge in [-0.05, 0) is 19.1 Å². The summed E-state index contributed by atoms with van der Waals surface area (Å²) in [5.41, 5.74) is 0.455. The van der Waals surface area contributed by atoms with E-state index < -0.39 is 17.7 Å². The molecule has 0 bridgehead atoms. The Morgan fingerprint density at radius 1 is 1.20 bits per heavy atom. The SMILES string of the molecule is CC(Oc1cc(Br)cc(F)c1F)C(=O)c1ccccc1. The van der Waals surface area contributed by atoms with Crippen molar-refractivity contribution in [2.24, 2.45) is 0 Å². The van der Waals surface area contributed by atoms with Gasteiger partial charge in [0.15, 0.2) is 17.7 Å². The molecule has 1 atom stereocenters. The van der Waals surface area contributed by atoms with Crippen molar-refractivity contribution in [1.29, 1.82) is 0 Å². The van der Waals surface area contributed by atoms with Gasteiger partial charge in [-0.25, -0.2) is 4.39 Å². The van der Waals surface area contributed by atoms with Gasteiger partial charge in [-0.3, -0.25) is 4.79 Å². The lowest BCUT2D eigenvalue weighted by Gasteiger charge is -2.14. The number of ketones is 1. The molecular formula is C15H11BrF2O2. The van der Waals surface area contributed by atoms with Gasteiger partial charge < -0.3 is 4.74 Å². The van der Waals surface area contributed by atoms with E-state index in [1.165, 1.54) is 13.0 Å². The molecule has 0 spiro atoms. The van der Waals surface area contributed by atoms with Crippen LogP contribution in [0.4, 0.5) is 8.78 Å². The van der Waals surface area contributed by atoms with E-state index in [0.717, 1.165) is 6.07 Å². The zero-order valence-electron chi connectivity index (χ0n) is 10.6. The third-order valence-electron chi connectivity index (χ3n) is 2.69. The van der Waals surface area contributed by atoms with Gasteiger partial charge in [-0.1, -0.05) is 46.3 Å². The molecule has 2 nitrogen and oxygen atoms in total. The van der Waals surface area contributed by atoms with Gasteiger partial charge in [-0.2, -0.15) is 4.39 Å². The number of rotatable bonds is 4. The molecule has 104 valence electrons. The van der Waals surface area contributed by atoms with E-state index in [9.17, 15) is 13.6 Å². The minimum Gasteiger partial charge on any atom is -0.479 e. The molecule has 0 N–H and O–H groups in total. The normalized spacial score (nSPS) is 12.0. The van der Waals surface area contributed by atoms with Crippen LogP contribution >= 0.6 is 15.9 Å². The van der Waals surface area contributed by atoms with Crippen molar-refractivity contribution >= 4 is 21.7 Å². The average Bonchev–Trinajstić information content (AvgIpc) is 2.44. The molecule has 2 aromatic rings. The first-order valence-electron chi connectivity index (χ1n) is 5.89. The third-order valence-corrected chi connectivity index (χ3v) is 3.15. The molecule has 0 aliphatic heterocycles. The summed E-state index contributed by atoms with van der Waals surface area (Å²) in [6.45, 7) is 1.49. The first kappa shape index (κ1) is 14.7. The van der Waals surface area contributed by atoms with E-state index in [1.54, 1.807) is 30.3 Å². The van der Waals surface area contributed by atoms with Crippen molar-refractivity contribution in [3.63, 3.8) is 0 Å². The highest BCUT2D eigenvalue weighted by Gasteiger charge is 2.20. The van der Waals surface area contributed by atoms with E-state index >= 15 is 0 Å². The first-order valence-corrected chi connectivity index (χ1v) is 6.69. The molecular weight excluding hydrogens is 330 g/mol. The summed E-state index contributed by atoms with van der Waals surface area (Å²) in [5, 5.41) is 0. The molecule has 0 heterocycles. The van der Waals surface area contributed by atoms with Crippen LogP contribution in [-0.4, -0.2) is 11.9 Å². The third kappa shape index (κ3) is 3.22. The Balaban J connectivity index is 2.20. The van der Waals surface area contributed by atoms with Crippen LogP contribution in [0.2, 0.25) is 0 Å². The number of halogens is 3. The van der Waals surface area contributed by atoms with Crippen molar-refractivity contribution in [2.75, 3.05) is 0 Å². The Morgan fingerprint density at radius 3 is 2.50 bits per heavy atom. The molecule has 0 fully saturated rings. The number of benzene rings is 2. The Labute approximate surface area is 123 Å². The van der Waals surface area contributed by atoms with E-state index in [-0.39, 0.29) is 11.5 Å². The van der Waals surface area contributed by atoms with Crippen LogP contribution in [0.5, 0.6) is 5.75 Å². The van der Waals surface area contributed by atoms with Gasteiger partial charge in [0.25, 0.3) is 0 Å². The van der Waals surface area contributed by atoms with Gasteiger partial charge in [0.05, 0.1) is 0 Å². The van der Waals surface area contributed by atoms with Crippen LogP contribution in [0.15, 0.2) is 46.9 Å². The number of hydrogen-bond donors (Lipinski definition) is 0. The van der Waals surface area contributed by atoms with E-state index in [1.807, 2.05) is 0 Å². The largest absolute Gasteiger partial charge is 0.479 e. The maximum Gasteiger partial charge on any atom is 0.202 e. The summed E-state index contributed by atoms with van der Waals surface area (Å²) >= 11 is 3.05. The second kappa shape index (κ2) is 6.13. The highest BCUT2D eigenvalue weighted by atomic mass is 79.9. The summed E-state index contributed by atoms with van der Waals surface area (Å²) in [4.78, 5) is 12.1. The maximum absolute atomic E-state index is 13.6. The zero-order chi connectivity index (χ0) is 14.7. The van der Waals surface area contributed by atoms with Crippen LogP contribution in [0.1, 0.15) is 17.3 Å². The van der Waals surface area contributed by atoms with E-state index in [2.05, 4.69) is 15.9 Å². The minimum atomic E-state index is -1.11. The fraction of sp³-hybridized carbons (Fsp3) is 0.133. The number of ether oxygens (including phenoxy) is 1. The zero-order valence-corrected chi connectivity index (χ0v) is 12.2. The molecule has 1 unspecified atom stereocenters. The lowest BCUT2D eigenvalue weighted by Crippen LogP contribution is -2.24. The van der Waals surface area contributed by atoms with Crippen molar-refractivity contribution < 1.29 is 18.3 Å². The van der Waals surface area contributed by atoms with Crippen LogP contribution in [0.3, 0.4) is 0 Å². The topological polar surface area (TPSA) is 26.3 Å². The number of Topliss-reactive ketones (excluding diaryl/α,β-unsaturated/α-hetero) is 1. The fourth-order valence-electron chi connectivity index (χ4n) is 1.70. The second-order valence-corrected chi connectivity index (χ2v) is 5.11. The van der Waals surface area contributed by atoms with Crippen LogP contribution in [0, 0.1) is 11.6 Å². The summed E-state index contributed by atoms with van der Waals surface area (Å²) in [5.74, 6) is -2.74. The molecule has 0 saturated carbocycles. The van der Waals surface area contributed by atoms with E-state index in [0.29, 0.717) is 10.0 Å². The Morgan fingerprint density at radius 2 is 1.85 bits per heavy atom. The highest BCUT2D eigenvalue weighted by molar-refractivity contribution is 9.10. The average molecular weight is 341 g/mol. The fourth-order valence-corrected chi connectivity index (χ4v) is 2.11. The van der Waals surface area contributed by atoms with Gasteiger partial charge in [0, 0.05) is 10.0 Å². The summed E-state index contributed by atoms with van der Waals surface area (Å²) < 4.78 is 32.4. The summed E-state index contributed by atoms with van der Waals surface area (Å²) in [6, 6.07) is 10.8.